The molecule has 0 amide bonds. The highest BCUT2D eigenvalue weighted by Crippen LogP contribution is 2.26. The number of hydrogen-bond donors (Lipinski definition) is 1. The molecule has 0 aromatic rings. The van der Waals surface area contributed by atoms with E-state index in [-0.39, 0.29) is 6.61 Å². The fourth-order valence-electron chi connectivity index (χ4n) is 1.30. The minimum absolute atomic E-state index is 0.0823. The molecular formula is C11H19F3O3. The van der Waals surface area contributed by atoms with Crippen LogP contribution in [-0.2, 0) is 9.53 Å². The van der Waals surface area contributed by atoms with Crippen molar-refractivity contribution in [3.63, 3.8) is 0 Å². The van der Waals surface area contributed by atoms with Crippen molar-refractivity contribution in [2.75, 3.05) is 13.2 Å². The molecular weight excluding hydrogens is 237 g/mol. The zero-order valence-electron chi connectivity index (χ0n) is 10.1. The van der Waals surface area contributed by atoms with E-state index in [0.717, 1.165) is 6.42 Å². The Morgan fingerprint density at radius 2 is 1.76 bits per heavy atom. The molecule has 0 bridgehead atoms. The number of rotatable bonds is 7. The van der Waals surface area contributed by atoms with Gasteiger partial charge in [0.15, 0.2) is 6.61 Å². The van der Waals surface area contributed by atoms with Gasteiger partial charge in [-0.05, 0) is 26.7 Å². The fourth-order valence-corrected chi connectivity index (χ4v) is 1.30. The van der Waals surface area contributed by atoms with Crippen LogP contribution < -0.4 is 0 Å². The van der Waals surface area contributed by atoms with Gasteiger partial charge < -0.3 is 9.84 Å². The number of carbonyl (C=O) groups is 1. The van der Waals surface area contributed by atoms with Crippen LogP contribution in [0, 0.1) is 5.41 Å². The number of esters is 1. The second-order valence-electron chi connectivity index (χ2n) is 4.61. The van der Waals surface area contributed by atoms with Crippen molar-refractivity contribution in [1.82, 2.24) is 0 Å². The van der Waals surface area contributed by atoms with Gasteiger partial charge in [-0.25, -0.2) is 0 Å². The van der Waals surface area contributed by atoms with Crippen LogP contribution in [0.2, 0.25) is 0 Å². The van der Waals surface area contributed by atoms with Crippen molar-refractivity contribution in [2.45, 2.75) is 45.7 Å². The average molecular weight is 256 g/mol. The maximum absolute atomic E-state index is 11.9. The first-order valence-electron chi connectivity index (χ1n) is 5.54. The van der Waals surface area contributed by atoms with Crippen molar-refractivity contribution in [3.05, 3.63) is 0 Å². The van der Waals surface area contributed by atoms with Gasteiger partial charge in [0.2, 0.25) is 0 Å². The standard InChI is InChI=1S/C11H19F3O3/c1-10(2,6-4-3-5-7-15)9(16)17-8-11(12,13)14/h15H,3-8H2,1-2H3. The van der Waals surface area contributed by atoms with E-state index < -0.39 is 24.2 Å². The van der Waals surface area contributed by atoms with Gasteiger partial charge in [-0.3, -0.25) is 4.79 Å². The van der Waals surface area contributed by atoms with E-state index >= 15 is 0 Å². The molecule has 3 nitrogen and oxygen atoms in total. The first-order chi connectivity index (χ1) is 7.69. The fraction of sp³-hybridized carbons (Fsp3) is 0.909. The van der Waals surface area contributed by atoms with Crippen molar-refractivity contribution >= 4 is 5.97 Å². The van der Waals surface area contributed by atoms with Crippen molar-refractivity contribution in [1.29, 1.82) is 0 Å². The van der Waals surface area contributed by atoms with Gasteiger partial charge in [0.25, 0.3) is 0 Å². The molecule has 17 heavy (non-hydrogen) atoms. The molecule has 0 aliphatic carbocycles. The molecule has 0 atom stereocenters. The summed E-state index contributed by atoms with van der Waals surface area (Å²) in [5.74, 6) is -0.834. The molecule has 1 N–H and O–H groups in total. The second-order valence-corrected chi connectivity index (χ2v) is 4.61. The van der Waals surface area contributed by atoms with Crippen molar-refractivity contribution in [2.24, 2.45) is 5.41 Å². The lowest BCUT2D eigenvalue weighted by molar-refractivity contribution is -0.192. The Morgan fingerprint density at radius 1 is 1.18 bits per heavy atom. The largest absolute Gasteiger partial charge is 0.456 e. The predicted molar refractivity (Wildman–Crippen MR) is 56.3 cm³/mol. The number of halogens is 3. The number of aliphatic hydroxyl groups excluding tert-OH is 1. The lowest BCUT2D eigenvalue weighted by Crippen LogP contribution is -2.30. The molecule has 0 spiro atoms. The Balaban J connectivity index is 3.98. The number of ether oxygens (including phenoxy) is 1. The van der Waals surface area contributed by atoms with E-state index in [0.29, 0.717) is 19.3 Å². The monoisotopic (exact) mass is 256 g/mol. The summed E-state index contributed by atoms with van der Waals surface area (Å²) in [4.78, 5) is 11.4. The van der Waals surface area contributed by atoms with Crippen LogP contribution in [-0.4, -0.2) is 30.5 Å². The van der Waals surface area contributed by atoms with Gasteiger partial charge in [0.1, 0.15) is 0 Å². The van der Waals surface area contributed by atoms with Crippen LogP contribution in [0.15, 0.2) is 0 Å². The minimum atomic E-state index is -4.48. The molecule has 0 aromatic heterocycles. The van der Waals surface area contributed by atoms with E-state index in [4.69, 9.17) is 5.11 Å². The lowest BCUT2D eigenvalue weighted by Gasteiger charge is -2.22. The minimum Gasteiger partial charge on any atom is -0.456 e. The quantitative estimate of drug-likeness (QED) is 0.562. The molecule has 0 rings (SSSR count). The molecule has 0 aromatic carbocycles. The second kappa shape index (κ2) is 6.83. The Kier molecular flexibility index (Phi) is 6.52. The van der Waals surface area contributed by atoms with Gasteiger partial charge in [-0.15, -0.1) is 0 Å². The zero-order valence-corrected chi connectivity index (χ0v) is 10.1. The highest BCUT2D eigenvalue weighted by atomic mass is 19.4. The lowest BCUT2D eigenvalue weighted by atomic mass is 9.87. The normalized spacial score (nSPS) is 12.6. The summed E-state index contributed by atoms with van der Waals surface area (Å²) in [5.41, 5.74) is -0.916. The highest BCUT2D eigenvalue weighted by molar-refractivity contribution is 5.75. The summed E-state index contributed by atoms with van der Waals surface area (Å²) in [6, 6.07) is 0. The molecule has 102 valence electrons. The van der Waals surface area contributed by atoms with Gasteiger partial charge in [-0.1, -0.05) is 12.8 Å². The molecule has 0 heterocycles. The van der Waals surface area contributed by atoms with Crippen LogP contribution >= 0.6 is 0 Å². The van der Waals surface area contributed by atoms with Crippen LogP contribution in [0.25, 0.3) is 0 Å². The van der Waals surface area contributed by atoms with Crippen molar-refractivity contribution < 1.29 is 27.8 Å². The Hall–Kier alpha value is -0.780. The van der Waals surface area contributed by atoms with E-state index in [2.05, 4.69) is 4.74 Å². The van der Waals surface area contributed by atoms with Crippen LogP contribution in [0.3, 0.4) is 0 Å². The molecule has 0 saturated heterocycles. The SMILES string of the molecule is CC(C)(CCCCCO)C(=O)OCC(F)(F)F. The summed E-state index contributed by atoms with van der Waals surface area (Å²) in [6.07, 6.45) is -1.98. The van der Waals surface area contributed by atoms with Gasteiger partial charge in [0, 0.05) is 6.61 Å². The maximum atomic E-state index is 11.9. The van der Waals surface area contributed by atoms with Crippen LogP contribution in [0.1, 0.15) is 39.5 Å². The number of unbranched alkanes of at least 4 members (excludes halogenated alkanes) is 2. The summed E-state index contributed by atoms with van der Waals surface area (Å²) < 4.78 is 39.8. The van der Waals surface area contributed by atoms with Gasteiger partial charge >= 0.3 is 12.1 Å². The Bertz CT molecular complexity index is 237. The Labute approximate surface area is 99.0 Å². The zero-order chi connectivity index (χ0) is 13.5. The highest BCUT2D eigenvalue weighted by Gasteiger charge is 2.34. The number of hydrogen-bond acceptors (Lipinski definition) is 3. The van der Waals surface area contributed by atoms with E-state index in [1.807, 2.05) is 0 Å². The summed E-state index contributed by atoms with van der Waals surface area (Å²) >= 11 is 0. The van der Waals surface area contributed by atoms with E-state index in [1.54, 1.807) is 13.8 Å². The molecule has 0 aliphatic rings. The Morgan fingerprint density at radius 3 is 2.24 bits per heavy atom. The molecule has 6 heteroatoms. The van der Waals surface area contributed by atoms with Crippen LogP contribution in [0.5, 0.6) is 0 Å². The van der Waals surface area contributed by atoms with Crippen molar-refractivity contribution in [3.8, 4) is 0 Å². The first kappa shape index (κ1) is 16.2. The van der Waals surface area contributed by atoms with Gasteiger partial charge in [-0.2, -0.15) is 13.2 Å². The average Bonchev–Trinajstić information content (AvgIpc) is 2.20. The third-order valence-corrected chi connectivity index (χ3v) is 2.38. The molecule has 0 unspecified atom stereocenters. The van der Waals surface area contributed by atoms with E-state index in [9.17, 15) is 18.0 Å². The van der Waals surface area contributed by atoms with E-state index in [1.165, 1.54) is 0 Å². The predicted octanol–water partition coefficient (Wildman–Crippen LogP) is 2.67. The first-order valence-corrected chi connectivity index (χ1v) is 5.54. The van der Waals surface area contributed by atoms with Crippen LogP contribution in [0.4, 0.5) is 13.2 Å². The van der Waals surface area contributed by atoms with Gasteiger partial charge in [0.05, 0.1) is 5.41 Å². The number of carbonyl (C=O) groups excluding carboxylic acids is 1. The number of alkyl halides is 3. The maximum Gasteiger partial charge on any atom is 0.422 e. The molecule has 0 fully saturated rings. The third-order valence-electron chi connectivity index (χ3n) is 2.38. The topological polar surface area (TPSA) is 46.5 Å². The summed E-state index contributed by atoms with van der Waals surface area (Å²) in [7, 11) is 0. The number of aliphatic hydroxyl groups is 1. The summed E-state index contributed by atoms with van der Waals surface area (Å²) in [5, 5.41) is 8.56. The molecule has 0 saturated carbocycles. The molecule has 0 radical (unpaired) electrons. The smallest absolute Gasteiger partial charge is 0.422 e. The third kappa shape index (κ3) is 8.01. The summed E-state index contributed by atoms with van der Waals surface area (Å²) in [6.45, 7) is 1.67. The molecule has 0 aliphatic heterocycles.